The van der Waals surface area contributed by atoms with Crippen LogP contribution in [0.25, 0.3) is 0 Å². The number of esters is 1. The van der Waals surface area contributed by atoms with Crippen LogP contribution in [0.2, 0.25) is 0 Å². The first-order valence-corrected chi connectivity index (χ1v) is 12.4. The zero-order valence-electron chi connectivity index (χ0n) is 19.0. The van der Waals surface area contributed by atoms with Gasteiger partial charge in [0.25, 0.3) is 0 Å². The quantitative estimate of drug-likeness (QED) is 0.159. The molecule has 0 amide bonds. The van der Waals surface area contributed by atoms with E-state index in [1.54, 1.807) is 0 Å². The lowest BCUT2D eigenvalue weighted by Gasteiger charge is -2.39. The molecule has 2 N–H and O–H groups in total. The van der Waals surface area contributed by atoms with Gasteiger partial charge in [-0.05, 0) is 43.3 Å². The normalized spacial score (nSPS) is 12.7. The Morgan fingerprint density at radius 3 is 1.65 bits per heavy atom. The lowest BCUT2D eigenvalue weighted by Crippen LogP contribution is -2.46. The zero-order valence-corrected chi connectivity index (χ0v) is 19.9. The van der Waals surface area contributed by atoms with Crippen LogP contribution < -0.4 is 4.48 Å². The maximum absolute atomic E-state index is 11.9. The molecule has 0 saturated carbocycles. The highest BCUT2D eigenvalue weighted by Crippen LogP contribution is 2.46. The maximum atomic E-state index is 11.9. The van der Waals surface area contributed by atoms with Gasteiger partial charge in [-0.25, -0.2) is 13.8 Å². The molecule has 3 rings (SSSR count). The Hall–Kier alpha value is -3.06. The number of carbonyl (C=O) groups excluding carboxylic acids is 1. The summed E-state index contributed by atoms with van der Waals surface area (Å²) in [6, 6.07) is 29.1. The largest absolute Gasteiger partial charge is 0.470 e. The van der Waals surface area contributed by atoms with E-state index < -0.39 is 19.9 Å². The molecular formula is C26H29NO6P+. The molecular weight excluding hydrogens is 453 g/mol. The fourth-order valence-electron chi connectivity index (χ4n) is 3.89. The summed E-state index contributed by atoms with van der Waals surface area (Å²) in [4.78, 5) is 31.1. The summed E-state index contributed by atoms with van der Waals surface area (Å²) in [5.41, 5.74) is 2.91. The molecule has 34 heavy (non-hydrogen) atoms. The van der Waals surface area contributed by atoms with Gasteiger partial charge in [0.1, 0.15) is 29.7 Å². The van der Waals surface area contributed by atoms with E-state index in [9.17, 15) is 19.1 Å². The van der Waals surface area contributed by atoms with Gasteiger partial charge in [0, 0.05) is 12.0 Å². The van der Waals surface area contributed by atoms with Crippen molar-refractivity contribution in [3.05, 3.63) is 103 Å². The van der Waals surface area contributed by atoms with Gasteiger partial charge < -0.3 is 14.5 Å². The Bertz CT molecular complexity index is 1040. The summed E-state index contributed by atoms with van der Waals surface area (Å²) in [5, 5.41) is 0. The number of phosphoric acid groups is 1. The van der Waals surface area contributed by atoms with Crippen molar-refractivity contribution in [1.29, 1.82) is 0 Å². The maximum Gasteiger partial charge on any atom is 0.470 e. The van der Waals surface area contributed by atoms with E-state index in [1.807, 2.05) is 91.0 Å². The lowest BCUT2D eigenvalue weighted by atomic mass is 10.1. The first kappa shape index (κ1) is 25.6. The van der Waals surface area contributed by atoms with E-state index >= 15 is 0 Å². The minimum atomic E-state index is -4.83. The van der Waals surface area contributed by atoms with Crippen LogP contribution in [0.15, 0.2) is 103 Å². The van der Waals surface area contributed by atoms with Crippen molar-refractivity contribution in [2.24, 2.45) is 0 Å². The van der Waals surface area contributed by atoms with Crippen LogP contribution in [0, 0.1) is 0 Å². The predicted octanol–water partition coefficient (Wildman–Crippen LogP) is 5.64. The summed E-state index contributed by atoms with van der Waals surface area (Å²) >= 11 is 0. The van der Waals surface area contributed by atoms with Gasteiger partial charge >= 0.3 is 13.8 Å². The SMILES string of the molecule is C=C(C)C(=O)OCCC(C[N+](c1ccccc1)(c1ccccc1)c1ccccc1)OP(=O)(O)O. The highest BCUT2D eigenvalue weighted by atomic mass is 31.2. The zero-order chi connectivity index (χ0) is 24.6. The molecule has 1 unspecified atom stereocenters. The minimum absolute atomic E-state index is 0.0747. The molecule has 8 heteroatoms. The summed E-state index contributed by atoms with van der Waals surface area (Å²) < 4.78 is 22.5. The number of quaternary nitrogens is 1. The summed E-state index contributed by atoms with van der Waals surface area (Å²) in [6.07, 6.45) is -0.865. The van der Waals surface area contributed by atoms with E-state index in [1.165, 1.54) is 6.92 Å². The van der Waals surface area contributed by atoms with Gasteiger partial charge in [-0.15, -0.1) is 0 Å². The molecule has 0 spiro atoms. The Morgan fingerprint density at radius 2 is 1.29 bits per heavy atom. The number of carbonyl (C=O) groups is 1. The average molecular weight is 482 g/mol. The Balaban J connectivity index is 2.10. The number of nitrogens with zero attached hydrogens (tertiary/aromatic N) is 1. The van der Waals surface area contributed by atoms with Gasteiger partial charge in [0.2, 0.25) is 0 Å². The van der Waals surface area contributed by atoms with Crippen LogP contribution >= 0.6 is 7.82 Å². The van der Waals surface area contributed by atoms with E-state index in [4.69, 9.17) is 9.26 Å². The predicted molar refractivity (Wildman–Crippen MR) is 133 cm³/mol. The van der Waals surface area contributed by atoms with Crippen molar-refractivity contribution in [3.63, 3.8) is 0 Å². The molecule has 0 bridgehead atoms. The second-order valence-electron chi connectivity index (χ2n) is 7.92. The lowest BCUT2D eigenvalue weighted by molar-refractivity contribution is -0.139. The number of phosphoric ester groups is 1. The van der Waals surface area contributed by atoms with Gasteiger partial charge in [-0.1, -0.05) is 61.2 Å². The molecule has 178 valence electrons. The summed E-state index contributed by atoms with van der Waals surface area (Å²) in [7, 11) is -4.83. The topological polar surface area (TPSA) is 93.1 Å². The number of rotatable bonds is 11. The van der Waals surface area contributed by atoms with E-state index in [0.29, 0.717) is 0 Å². The van der Waals surface area contributed by atoms with Gasteiger partial charge in [0.05, 0.1) is 6.61 Å². The fraction of sp³-hybridized carbons (Fsp3) is 0.192. The average Bonchev–Trinajstić information content (AvgIpc) is 2.83. The first-order chi connectivity index (χ1) is 16.2. The van der Waals surface area contributed by atoms with Gasteiger partial charge in [0.15, 0.2) is 0 Å². The highest BCUT2D eigenvalue weighted by molar-refractivity contribution is 7.46. The van der Waals surface area contributed by atoms with Crippen molar-refractivity contribution in [2.45, 2.75) is 19.4 Å². The van der Waals surface area contributed by atoms with Crippen LogP contribution in [-0.4, -0.2) is 35.0 Å². The van der Waals surface area contributed by atoms with Crippen molar-refractivity contribution in [2.75, 3.05) is 13.2 Å². The van der Waals surface area contributed by atoms with Crippen molar-refractivity contribution < 1.29 is 28.4 Å². The molecule has 1 atom stereocenters. The van der Waals surface area contributed by atoms with E-state index in [0.717, 1.165) is 17.1 Å². The van der Waals surface area contributed by atoms with Crippen LogP contribution in [0.1, 0.15) is 13.3 Å². The number of ether oxygens (including phenoxy) is 1. The highest BCUT2D eigenvalue weighted by Gasteiger charge is 2.40. The second-order valence-corrected chi connectivity index (χ2v) is 9.11. The summed E-state index contributed by atoms with van der Waals surface area (Å²) in [5.74, 6) is -0.565. The van der Waals surface area contributed by atoms with E-state index in [2.05, 4.69) is 6.58 Å². The van der Waals surface area contributed by atoms with Crippen LogP contribution in [0.3, 0.4) is 0 Å². The van der Waals surface area contributed by atoms with Crippen LogP contribution in [0.5, 0.6) is 0 Å². The third-order valence-corrected chi connectivity index (χ3v) is 5.95. The second kappa shape index (κ2) is 11.4. The van der Waals surface area contributed by atoms with Gasteiger partial charge in [-0.2, -0.15) is 0 Å². The third-order valence-electron chi connectivity index (χ3n) is 5.38. The number of hydrogen-bond donors (Lipinski definition) is 2. The van der Waals surface area contributed by atoms with Crippen molar-refractivity contribution >= 4 is 30.9 Å². The first-order valence-electron chi connectivity index (χ1n) is 10.8. The molecule has 7 nitrogen and oxygen atoms in total. The molecule has 0 aliphatic heterocycles. The monoisotopic (exact) mass is 482 g/mol. The van der Waals surface area contributed by atoms with Crippen molar-refractivity contribution in [3.8, 4) is 0 Å². The molecule has 0 aromatic heterocycles. The fourth-order valence-corrected chi connectivity index (χ4v) is 4.45. The van der Waals surface area contributed by atoms with Crippen molar-refractivity contribution in [1.82, 2.24) is 4.48 Å². The Kier molecular flexibility index (Phi) is 8.56. The standard InChI is InChI=1S/C26H28NO6P/c1-21(2)26(28)32-19-18-25(33-34(29,30)31)20-27(22-12-6-3-7-13-22,23-14-8-4-9-15-23)24-16-10-5-11-17-24/h3-17,25H,1,18-20H2,2H3,(H-,29,30,31)/p+1. The van der Waals surface area contributed by atoms with Crippen LogP contribution in [0.4, 0.5) is 17.1 Å². The molecule has 3 aromatic rings. The number of hydrogen-bond acceptors (Lipinski definition) is 4. The number of benzene rings is 3. The molecule has 3 aromatic carbocycles. The third kappa shape index (κ3) is 6.50. The molecule has 0 radical (unpaired) electrons. The molecule has 0 aliphatic rings. The molecule has 0 fully saturated rings. The van der Waals surface area contributed by atoms with Crippen LogP contribution in [-0.2, 0) is 18.6 Å². The molecule has 0 saturated heterocycles. The Labute approximate surface area is 199 Å². The smallest absolute Gasteiger partial charge is 0.462 e. The molecule has 0 heterocycles. The summed E-state index contributed by atoms with van der Waals surface area (Å²) in [6.45, 7) is 5.16. The Morgan fingerprint density at radius 1 is 0.882 bits per heavy atom. The van der Waals surface area contributed by atoms with Gasteiger partial charge in [-0.3, -0.25) is 4.52 Å². The van der Waals surface area contributed by atoms with E-state index in [-0.39, 0.29) is 29.6 Å². The minimum Gasteiger partial charge on any atom is -0.462 e. The number of para-hydroxylation sites is 3. The molecule has 0 aliphatic carbocycles.